The average Bonchev–Trinajstić information content (AvgIpc) is 2.53. The van der Waals surface area contributed by atoms with Crippen LogP contribution in [0.4, 0.5) is 9.59 Å². The van der Waals surface area contributed by atoms with E-state index in [9.17, 15) is 14.7 Å². The van der Waals surface area contributed by atoms with Gasteiger partial charge in [0, 0.05) is 19.1 Å². The van der Waals surface area contributed by atoms with Gasteiger partial charge in [-0.1, -0.05) is 30.3 Å². The van der Waals surface area contributed by atoms with Gasteiger partial charge in [-0.15, -0.1) is 0 Å². The maximum atomic E-state index is 11.9. The predicted octanol–water partition coefficient (Wildman–Crippen LogP) is 1.81. The Morgan fingerprint density at radius 2 is 1.96 bits per heavy atom. The summed E-state index contributed by atoms with van der Waals surface area (Å²) >= 11 is 0. The lowest BCUT2D eigenvalue weighted by molar-refractivity contribution is 0.0884. The van der Waals surface area contributed by atoms with E-state index in [0.717, 1.165) is 5.56 Å². The van der Waals surface area contributed by atoms with Gasteiger partial charge in [0.05, 0.1) is 6.10 Å². The van der Waals surface area contributed by atoms with Gasteiger partial charge in [0.15, 0.2) is 0 Å². The number of carboxylic acid groups (broad SMARTS) is 1. The van der Waals surface area contributed by atoms with Crippen LogP contribution >= 0.6 is 0 Å². The molecule has 2 atom stereocenters. The SMILES string of the molecule is O=C(N[C@H]1CCC(O)CCN(C(=O)O)C1)OCc1ccccc1. The third-order valence-corrected chi connectivity index (χ3v) is 3.83. The van der Waals surface area contributed by atoms with Crippen molar-refractivity contribution in [2.75, 3.05) is 13.1 Å². The monoisotopic (exact) mass is 322 g/mol. The fraction of sp³-hybridized carbons (Fsp3) is 0.500. The van der Waals surface area contributed by atoms with Crippen molar-refractivity contribution in [2.45, 2.75) is 38.0 Å². The van der Waals surface area contributed by atoms with Gasteiger partial charge >= 0.3 is 12.2 Å². The van der Waals surface area contributed by atoms with Gasteiger partial charge in [-0.3, -0.25) is 0 Å². The first-order valence-electron chi connectivity index (χ1n) is 7.67. The molecule has 126 valence electrons. The van der Waals surface area contributed by atoms with Gasteiger partial charge in [-0.2, -0.15) is 0 Å². The maximum absolute atomic E-state index is 11.9. The van der Waals surface area contributed by atoms with Crippen molar-refractivity contribution >= 4 is 12.2 Å². The van der Waals surface area contributed by atoms with Gasteiger partial charge < -0.3 is 25.2 Å². The molecule has 2 amide bonds. The smallest absolute Gasteiger partial charge is 0.407 e. The number of aliphatic hydroxyl groups excluding tert-OH is 1. The van der Waals surface area contributed by atoms with E-state index in [1.165, 1.54) is 4.90 Å². The van der Waals surface area contributed by atoms with Crippen LogP contribution < -0.4 is 5.32 Å². The summed E-state index contributed by atoms with van der Waals surface area (Å²) < 4.78 is 5.15. The summed E-state index contributed by atoms with van der Waals surface area (Å²) in [6.07, 6.45) is -0.746. The lowest BCUT2D eigenvalue weighted by Gasteiger charge is -2.30. The number of hydrogen-bond acceptors (Lipinski definition) is 4. The first kappa shape index (κ1) is 17.1. The molecular formula is C16H22N2O5. The minimum absolute atomic E-state index is 0.157. The predicted molar refractivity (Wildman–Crippen MR) is 83.0 cm³/mol. The highest BCUT2D eigenvalue weighted by molar-refractivity contribution is 5.68. The van der Waals surface area contributed by atoms with Crippen molar-refractivity contribution in [1.29, 1.82) is 0 Å². The molecule has 2 rings (SSSR count). The summed E-state index contributed by atoms with van der Waals surface area (Å²) in [5.74, 6) is 0. The Labute approximate surface area is 134 Å². The molecule has 1 aliphatic heterocycles. The van der Waals surface area contributed by atoms with Crippen LogP contribution in [0.2, 0.25) is 0 Å². The molecule has 0 saturated carbocycles. The van der Waals surface area contributed by atoms with Crippen LogP contribution in [-0.4, -0.2) is 52.5 Å². The molecule has 3 N–H and O–H groups in total. The van der Waals surface area contributed by atoms with E-state index >= 15 is 0 Å². The highest BCUT2D eigenvalue weighted by Gasteiger charge is 2.24. The van der Waals surface area contributed by atoms with Crippen LogP contribution in [0.3, 0.4) is 0 Å². The van der Waals surface area contributed by atoms with Crippen molar-refractivity contribution in [2.24, 2.45) is 0 Å². The van der Waals surface area contributed by atoms with Crippen molar-refractivity contribution in [3.8, 4) is 0 Å². The molecule has 1 heterocycles. The molecule has 1 saturated heterocycles. The van der Waals surface area contributed by atoms with Crippen LogP contribution in [0, 0.1) is 0 Å². The van der Waals surface area contributed by atoms with E-state index in [0.29, 0.717) is 19.3 Å². The molecule has 1 aliphatic rings. The van der Waals surface area contributed by atoms with Crippen molar-refractivity contribution < 1.29 is 24.5 Å². The summed E-state index contributed by atoms with van der Waals surface area (Å²) in [5, 5.41) is 21.6. The number of nitrogens with one attached hydrogen (secondary N) is 1. The Morgan fingerprint density at radius 3 is 2.65 bits per heavy atom. The molecular weight excluding hydrogens is 300 g/mol. The van der Waals surface area contributed by atoms with Crippen LogP contribution in [0.25, 0.3) is 0 Å². The minimum atomic E-state index is -1.05. The molecule has 0 bridgehead atoms. The molecule has 0 aliphatic carbocycles. The molecule has 1 fully saturated rings. The molecule has 0 aromatic heterocycles. The highest BCUT2D eigenvalue weighted by Crippen LogP contribution is 2.13. The maximum Gasteiger partial charge on any atom is 0.407 e. The van der Waals surface area contributed by atoms with Crippen LogP contribution in [0.1, 0.15) is 24.8 Å². The Bertz CT molecular complexity index is 522. The zero-order valence-corrected chi connectivity index (χ0v) is 12.9. The normalized spacial score (nSPS) is 21.9. The number of amides is 2. The van der Waals surface area contributed by atoms with E-state index in [1.54, 1.807) is 0 Å². The van der Waals surface area contributed by atoms with Gasteiger partial charge in [-0.25, -0.2) is 9.59 Å². The quantitative estimate of drug-likeness (QED) is 0.788. The number of likely N-dealkylation sites (tertiary alicyclic amines) is 1. The Balaban J connectivity index is 1.85. The second-order valence-electron chi connectivity index (χ2n) is 5.65. The van der Waals surface area contributed by atoms with E-state index in [4.69, 9.17) is 9.84 Å². The zero-order chi connectivity index (χ0) is 16.7. The first-order valence-corrected chi connectivity index (χ1v) is 7.67. The lowest BCUT2D eigenvalue weighted by Crippen LogP contribution is -2.48. The van der Waals surface area contributed by atoms with E-state index < -0.39 is 18.3 Å². The standard InChI is InChI=1S/C16H22N2O5/c19-14-7-6-13(10-18(9-8-14)16(21)22)17-15(20)23-11-12-4-2-1-3-5-12/h1-5,13-14,19H,6-11H2,(H,17,20)(H,21,22)/t13-,14?/m0/s1. The van der Waals surface area contributed by atoms with Crippen molar-refractivity contribution in [1.82, 2.24) is 10.2 Å². The number of aliphatic hydroxyl groups is 1. The number of nitrogens with zero attached hydrogens (tertiary/aromatic N) is 1. The van der Waals surface area contributed by atoms with Crippen LogP contribution in [-0.2, 0) is 11.3 Å². The van der Waals surface area contributed by atoms with Crippen LogP contribution in [0.5, 0.6) is 0 Å². The summed E-state index contributed by atoms with van der Waals surface area (Å²) in [7, 11) is 0. The largest absolute Gasteiger partial charge is 0.465 e. The molecule has 1 unspecified atom stereocenters. The second kappa shape index (κ2) is 8.38. The van der Waals surface area contributed by atoms with E-state index in [1.807, 2.05) is 30.3 Å². The third kappa shape index (κ3) is 5.78. The van der Waals surface area contributed by atoms with E-state index in [-0.39, 0.29) is 25.7 Å². The fourth-order valence-corrected chi connectivity index (χ4v) is 2.51. The van der Waals surface area contributed by atoms with Gasteiger partial charge in [0.25, 0.3) is 0 Å². The first-order chi connectivity index (χ1) is 11.0. The summed E-state index contributed by atoms with van der Waals surface area (Å²) in [5.41, 5.74) is 0.878. The molecule has 0 spiro atoms. The highest BCUT2D eigenvalue weighted by atomic mass is 16.5. The minimum Gasteiger partial charge on any atom is -0.465 e. The average molecular weight is 322 g/mol. The number of alkyl carbamates (subject to hydrolysis) is 1. The summed E-state index contributed by atoms with van der Waals surface area (Å²) in [4.78, 5) is 24.3. The van der Waals surface area contributed by atoms with Gasteiger partial charge in [0.1, 0.15) is 6.61 Å². The lowest BCUT2D eigenvalue weighted by atomic mass is 10.0. The molecule has 7 heteroatoms. The molecule has 0 radical (unpaired) electrons. The summed E-state index contributed by atoms with van der Waals surface area (Å²) in [6.45, 7) is 0.612. The Hall–Kier alpha value is -2.28. The number of carbonyl (C=O) groups is 2. The number of rotatable bonds is 3. The number of ether oxygens (including phenoxy) is 1. The number of benzene rings is 1. The molecule has 1 aromatic rings. The van der Waals surface area contributed by atoms with E-state index in [2.05, 4.69) is 5.32 Å². The Morgan fingerprint density at radius 1 is 1.22 bits per heavy atom. The molecule has 1 aromatic carbocycles. The van der Waals surface area contributed by atoms with Crippen LogP contribution in [0.15, 0.2) is 30.3 Å². The summed E-state index contributed by atoms with van der Waals surface area (Å²) in [6, 6.07) is 8.93. The molecule has 23 heavy (non-hydrogen) atoms. The van der Waals surface area contributed by atoms with Gasteiger partial charge in [0.2, 0.25) is 0 Å². The van der Waals surface area contributed by atoms with Crippen molar-refractivity contribution in [3.05, 3.63) is 35.9 Å². The third-order valence-electron chi connectivity index (χ3n) is 3.83. The van der Waals surface area contributed by atoms with Gasteiger partial charge in [-0.05, 0) is 24.8 Å². The topological polar surface area (TPSA) is 99.1 Å². The second-order valence-corrected chi connectivity index (χ2v) is 5.65. The zero-order valence-electron chi connectivity index (χ0n) is 12.9. The Kier molecular flexibility index (Phi) is 6.22. The number of carbonyl (C=O) groups excluding carboxylic acids is 1. The molecule has 7 nitrogen and oxygen atoms in total. The fourth-order valence-electron chi connectivity index (χ4n) is 2.51. The number of hydrogen-bond donors (Lipinski definition) is 3. The van der Waals surface area contributed by atoms with Crippen molar-refractivity contribution in [3.63, 3.8) is 0 Å².